The Hall–Kier alpha value is -2.21. The minimum Gasteiger partial charge on any atom is -0.423 e. The molecule has 2 heterocycles. The van der Waals surface area contributed by atoms with Gasteiger partial charge in [-0.25, -0.2) is 4.98 Å². The summed E-state index contributed by atoms with van der Waals surface area (Å²) in [6.07, 6.45) is 1.34. The monoisotopic (exact) mass is 300 g/mol. The topological polar surface area (TPSA) is 63.8 Å². The molecule has 0 radical (unpaired) electrons. The molecule has 0 aliphatic carbocycles. The van der Waals surface area contributed by atoms with Crippen LogP contribution in [-0.4, -0.2) is 15.2 Å². The van der Waals surface area contributed by atoms with Crippen LogP contribution in [0.15, 0.2) is 34.4 Å². The SMILES string of the molecule is Cc1nc(C(C)Nc2ccc(-c3nnco3)cc2C)cs1. The fourth-order valence-corrected chi connectivity index (χ4v) is 2.85. The molecule has 0 bridgehead atoms. The molecule has 0 amide bonds. The summed E-state index contributed by atoms with van der Waals surface area (Å²) >= 11 is 1.67. The molecule has 0 saturated heterocycles. The van der Waals surface area contributed by atoms with Crippen molar-refractivity contribution in [3.8, 4) is 11.5 Å². The maximum atomic E-state index is 5.22. The Morgan fingerprint density at radius 2 is 2.14 bits per heavy atom. The molecule has 3 aromatic rings. The molecule has 0 aliphatic heterocycles. The van der Waals surface area contributed by atoms with Crippen LogP contribution in [0.2, 0.25) is 0 Å². The summed E-state index contributed by atoms with van der Waals surface area (Å²) in [7, 11) is 0. The van der Waals surface area contributed by atoms with Gasteiger partial charge in [0.15, 0.2) is 0 Å². The zero-order valence-electron chi connectivity index (χ0n) is 12.1. The molecule has 108 valence electrons. The van der Waals surface area contributed by atoms with Gasteiger partial charge in [-0.2, -0.15) is 0 Å². The van der Waals surface area contributed by atoms with Gasteiger partial charge in [-0.05, 0) is 44.5 Å². The predicted octanol–water partition coefficient (Wildman–Crippen LogP) is 3.98. The highest BCUT2D eigenvalue weighted by molar-refractivity contribution is 7.09. The van der Waals surface area contributed by atoms with E-state index < -0.39 is 0 Å². The van der Waals surface area contributed by atoms with E-state index in [0.29, 0.717) is 5.89 Å². The first-order valence-corrected chi connectivity index (χ1v) is 7.57. The second kappa shape index (κ2) is 5.65. The third-order valence-corrected chi connectivity index (χ3v) is 4.08. The molecule has 5 nitrogen and oxygen atoms in total. The van der Waals surface area contributed by atoms with E-state index in [1.807, 2.05) is 25.1 Å². The fourth-order valence-electron chi connectivity index (χ4n) is 2.14. The molecule has 0 fully saturated rings. The number of anilines is 1. The standard InChI is InChI=1S/C15H16N4OS/c1-9-6-12(15-19-16-8-20-15)4-5-13(9)17-10(2)14-7-21-11(3)18-14/h4-8,10,17H,1-3H3. The van der Waals surface area contributed by atoms with Gasteiger partial charge in [-0.1, -0.05) is 0 Å². The lowest BCUT2D eigenvalue weighted by Crippen LogP contribution is -2.08. The van der Waals surface area contributed by atoms with Crippen molar-refractivity contribution in [3.05, 3.63) is 46.2 Å². The molecule has 3 rings (SSSR count). The maximum absolute atomic E-state index is 5.22. The smallest absolute Gasteiger partial charge is 0.247 e. The molecule has 0 saturated carbocycles. The van der Waals surface area contributed by atoms with Crippen molar-refractivity contribution in [2.45, 2.75) is 26.8 Å². The quantitative estimate of drug-likeness (QED) is 0.789. The predicted molar refractivity (Wildman–Crippen MR) is 83.4 cm³/mol. The van der Waals surface area contributed by atoms with Crippen LogP contribution in [0.4, 0.5) is 5.69 Å². The van der Waals surface area contributed by atoms with Crippen molar-refractivity contribution in [3.63, 3.8) is 0 Å². The van der Waals surface area contributed by atoms with Gasteiger partial charge in [0.2, 0.25) is 12.3 Å². The number of hydrogen-bond acceptors (Lipinski definition) is 6. The molecule has 0 spiro atoms. The van der Waals surface area contributed by atoms with Gasteiger partial charge in [0.1, 0.15) is 0 Å². The van der Waals surface area contributed by atoms with Crippen LogP contribution in [0, 0.1) is 13.8 Å². The van der Waals surface area contributed by atoms with Gasteiger partial charge < -0.3 is 9.73 Å². The molecule has 0 aliphatic rings. The zero-order valence-corrected chi connectivity index (χ0v) is 12.9. The van der Waals surface area contributed by atoms with E-state index in [4.69, 9.17) is 4.42 Å². The largest absolute Gasteiger partial charge is 0.423 e. The molecule has 1 unspecified atom stereocenters. The van der Waals surface area contributed by atoms with Crippen LogP contribution in [0.25, 0.3) is 11.5 Å². The van der Waals surface area contributed by atoms with Crippen molar-refractivity contribution in [2.24, 2.45) is 0 Å². The van der Waals surface area contributed by atoms with Crippen molar-refractivity contribution in [1.29, 1.82) is 0 Å². The van der Waals surface area contributed by atoms with Gasteiger partial charge >= 0.3 is 0 Å². The van der Waals surface area contributed by atoms with Crippen LogP contribution in [0.3, 0.4) is 0 Å². The Bertz CT molecular complexity index is 736. The Morgan fingerprint density at radius 1 is 1.29 bits per heavy atom. The number of aryl methyl sites for hydroxylation is 2. The number of aromatic nitrogens is 3. The van der Waals surface area contributed by atoms with Crippen molar-refractivity contribution < 1.29 is 4.42 Å². The summed E-state index contributed by atoms with van der Waals surface area (Å²) in [4.78, 5) is 4.52. The van der Waals surface area contributed by atoms with Gasteiger partial charge in [0, 0.05) is 16.6 Å². The van der Waals surface area contributed by atoms with Crippen LogP contribution in [0.1, 0.15) is 29.2 Å². The van der Waals surface area contributed by atoms with E-state index in [2.05, 4.69) is 39.7 Å². The number of nitrogens with zero attached hydrogens (tertiary/aromatic N) is 3. The number of hydrogen-bond donors (Lipinski definition) is 1. The molecule has 1 aromatic carbocycles. The lowest BCUT2D eigenvalue weighted by atomic mass is 10.1. The second-order valence-corrected chi connectivity index (χ2v) is 5.99. The molecular formula is C15H16N4OS. The molecule has 2 aromatic heterocycles. The van der Waals surface area contributed by atoms with E-state index in [0.717, 1.165) is 27.5 Å². The fraction of sp³-hybridized carbons (Fsp3) is 0.267. The summed E-state index contributed by atoms with van der Waals surface area (Å²) in [6.45, 7) is 6.19. The van der Waals surface area contributed by atoms with Crippen molar-refractivity contribution >= 4 is 17.0 Å². The van der Waals surface area contributed by atoms with Crippen molar-refractivity contribution in [2.75, 3.05) is 5.32 Å². The number of thiazole rings is 1. The first-order chi connectivity index (χ1) is 10.1. The lowest BCUT2D eigenvalue weighted by molar-refractivity contribution is 0.568. The number of benzene rings is 1. The summed E-state index contributed by atoms with van der Waals surface area (Å²) in [5, 5.41) is 14.3. The number of nitrogens with one attached hydrogen (secondary N) is 1. The van der Waals surface area contributed by atoms with Crippen LogP contribution in [-0.2, 0) is 0 Å². The molecule has 21 heavy (non-hydrogen) atoms. The normalized spacial score (nSPS) is 12.3. The summed E-state index contributed by atoms with van der Waals surface area (Å²) in [6, 6.07) is 6.21. The Kier molecular flexibility index (Phi) is 3.70. The van der Waals surface area contributed by atoms with Gasteiger partial charge in [0.05, 0.1) is 16.7 Å². The first-order valence-electron chi connectivity index (χ1n) is 6.69. The minimum atomic E-state index is 0.169. The highest BCUT2D eigenvalue weighted by Gasteiger charge is 2.11. The molecule has 6 heteroatoms. The van der Waals surface area contributed by atoms with E-state index in [9.17, 15) is 0 Å². The molecule has 1 N–H and O–H groups in total. The van der Waals surface area contributed by atoms with Crippen LogP contribution >= 0.6 is 11.3 Å². The Morgan fingerprint density at radius 3 is 2.76 bits per heavy atom. The summed E-state index contributed by atoms with van der Waals surface area (Å²) in [5.41, 5.74) is 4.20. The molecule has 1 atom stereocenters. The highest BCUT2D eigenvalue weighted by atomic mass is 32.1. The van der Waals surface area contributed by atoms with E-state index >= 15 is 0 Å². The zero-order chi connectivity index (χ0) is 14.8. The summed E-state index contributed by atoms with van der Waals surface area (Å²) in [5.74, 6) is 0.535. The third-order valence-electron chi connectivity index (χ3n) is 3.29. The Labute approximate surface area is 127 Å². The highest BCUT2D eigenvalue weighted by Crippen LogP contribution is 2.26. The number of rotatable bonds is 4. The van der Waals surface area contributed by atoms with Crippen molar-refractivity contribution in [1.82, 2.24) is 15.2 Å². The van der Waals surface area contributed by atoms with Gasteiger partial charge in [-0.3, -0.25) is 0 Å². The Balaban J connectivity index is 1.80. The third kappa shape index (κ3) is 2.95. The van der Waals surface area contributed by atoms with Crippen LogP contribution in [0.5, 0.6) is 0 Å². The van der Waals surface area contributed by atoms with E-state index in [-0.39, 0.29) is 6.04 Å². The van der Waals surface area contributed by atoms with E-state index in [1.165, 1.54) is 6.39 Å². The van der Waals surface area contributed by atoms with Gasteiger partial charge in [0.25, 0.3) is 0 Å². The van der Waals surface area contributed by atoms with Gasteiger partial charge in [-0.15, -0.1) is 21.5 Å². The first kappa shape index (κ1) is 13.8. The lowest BCUT2D eigenvalue weighted by Gasteiger charge is -2.15. The average Bonchev–Trinajstić information content (AvgIpc) is 3.12. The average molecular weight is 300 g/mol. The second-order valence-electron chi connectivity index (χ2n) is 4.93. The minimum absolute atomic E-state index is 0.169. The molecular weight excluding hydrogens is 284 g/mol. The maximum Gasteiger partial charge on any atom is 0.247 e. The van der Waals surface area contributed by atoms with E-state index in [1.54, 1.807) is 11.3 Å². The summed E-state index contributed by atoms with van der Waals surface area (Å²) < 4.78 is 5.22. The van der Waals surface area contributed by atoms with Crippen LogP contribution < -0.4 is 5.32 Å².